The Labute approximate surface area is 220 Å². The summed E-state index contributed by atoms with van der Waals surface area (Å²) in [7, 11) is -4.47. The van der Waals surface area contributed by atoms with Crippen LogP contribution in [0.5, 0.6) is 5.75 Å². The molecular formula is C20H15BrClF3N4O5S2. The summed E-state index contributed by atoms with van der Waals surface area (Å²) in [6.07, 6.45) is -3.14. The molecule has 192 valence electrons. The normalized spacial score (nSPS) is 14.1. The molecule has 1 fully saturated rings. The van der Waals surface area contributed by atoms with Crippen molar-refractivity contribution < 1.29 is 35.7 Å². The molecule has 0 radical (unpaired) electrons. The topological polar surface area (TPSA) is 123 Å². The van der Waals surface area contributed by atoms with Crippen LogP contribution in [-0.4, -0.2) is 45.8 Å². The third-order valence-electron chi connectivity index (χ3n) is 4.94. The summed E-state index contributed by atoms with van der Waals surface area (Å²) in [4.78, 5) is 12.0. The van der Waals surface area contributed by atoms with Gasteiger partial charge in [-0.25, -0.2) is 0 Å². The van der Waals surface area contributed by atoms with Crippen LogP contribution in [0.25, 0.3) is 5.69 Å². The number of carbonyl (C=O) groups excluding carboxylic acids is 1. The fourth-order valence-electron chi connectivity index (χ4n) is 3.21. The molecule has 0 aliphatic heterocycles. The molecular weight excluding hydrogens is 613 g/mol. The number of hydrogen-bond donors (Lipinski definition) is 2. The molecule has 2 aromatic carbocycles. The first-order valence-corrected chi connectivity index (χ1v) is 13.6. The van der Waals surface area contributed by atoms with E-state index in [2.05, 4.69) is 36.2 Å². The number of hydrogen-bond acceptors (Lipinski definition) is 7. The van der Waals surface area contributed by atoms with E-state index in [1.807, 2.05) is 0 Å². The van der Waals surface area contributed by atoms with Gasteiger partial charge >= 0.3 is 6.36 Å². The zero-order valence-corrected chi connectivity index (χ0v) is 21.8. The second kappa shape index (κ2) is 10.2. The summed E-state index contributed by atoms with van der Waals surface area (Å²) >= 11 is 10.0. The van der Waals surface area contributed by atoms with Gasteiger partial charge < -0.3 is 10.1 Å². The summed E-state index contributed by atoms with van der Waals surface area (Å²) in [5.41, 5.74) is 0.849. The van der Waals surface area contributed by atoms with Crippen molar-refractivity contribution in [3.8, 4) is 11.4 Å². The van der Waals surface area contributed by atoms with Gasteiger partial charge in [-0.2, -0.15) is 8.42 Å². The Balaban J connectivity index is 1.53. The Morgan fingerprint density at radius 2 is 1.97 bits per heavy atom. The van der Waals surface area contributed by atoms with E-state index in [1.165, 1.54) is 22.8 Å². The van der Waals surface area contributed by atoms with Gasteiger partial charge in [-0.15, -0.1) is 23.4 Å². The van der Waals surface area contributed by atoms with Gasteiger partial charge in [0.15, 0.2) is 10.9 Å². The van der Waals surface area contributed by atoms with Gasteiger partial charge in [0.05, 0.1) is 27.0 Å². The van der Waals surface area contributed by atoms with Crippen LogP contribution in [-0.2, 0) is 14.9 Å². The van der Waals surface area contributed by atoms with Gasteiger partial charge in [-0.1, -0.05) is 29.4 Å². The highest BCUT2D eigenvalue weighted by atomic mass is 79.9. The Hall–Kier alpha value is -2.33. The molecule has 1 aliphatic rings. The van der Waals surface area contributed by atoms with Crippen LogP contribution in [0.15, 0.2) is 51.2 Å². The molecule has 0 bridgehead atoms. The molecule has 0 unspecified atom stereocenters. The number of carbonyl (C=O) groups is 1. The molecule has 1 amide bonds. The van der Waals surface area contributed by atoms with E-state index in [4.69, 9.17) is 16.2 Å². The average molecular weight is 628 g/mol. The fourth-order valence-corrected chi connectivity index (χ4v) is 5.31. The van der Waals surface area contributed by atoms with Crippen molar-refractivity contribution in [2.45, 2.75) is 35.2 Å². The van der Waals surface area contributed by atoms with Gasteiger partial charge in [0.25, 0.3) is 10.1 Å². The predicted molar refractivity (Wildman–Crippen MR) is 128 cm³/mol. The number of thioether (sulfide) groups is 1. The lowest BCUT2D eigenvalue weighted by Crippen LogP contribution is -2.19. The molecule has 16 heteroatoms. The maximum absolute atomic E-state index is 13.1. The number of ether oxygens (including phenoxy) is 1. The maximum Gasteiger partial charge on any atom is 0.573 e. The van der Waals surface area contributed by atoms with E-state index in [0.717, 1.165) is 42.3 Å². The minimum Gasteiger partial charge on any atom is -0.404 e. The van der Waals surface area contributed by atoms with E-state index < -0.39 is 33.0 Å². The van der Waals surface area contributed by atoms with Crippen LogP contribution in [0.1, 0.15) is 24.3 Å². The van der Waals surface area contributed by atoms with E-state index in [0.29, 0.717) is 0 Å². The first-order valence-electron chi connectivity index (χ1n) is 10.0. The SMILES string of the molecule is O=C(CSc1nnc(Br)n1-c1ccc(C2CC2)cc1OC(F)(F)F)Nc1ccc(S(=O)(=O)O)cc1Cl. The van der Waals surface area contributed by atoms with E-state index in [-0.39, 0.29) is 38.0 Å². The van der Waals surface area contributed by atoms with Crippen molar-refractivity contribution in [1.29, 1.82) is 0 Å². The fraction of sp³-hybridized carbons (Fsp3) is 0.250. The molecule has 3 aromatic rings. The minimum absolute atomic E-state index is 0.0281. The number of nitrogens with zero attached hydrogens (tertiary/aromatic N) is 3. The van der Waals surface area contributed by atoms with Crippen LogP contribution in [0.2, 0.25) is 5.02 Å². The maximum atomic E-state index is 13.1. The van der Waals surface area contributed by atoms with Crippen molar-refractivity contribution >= 4 is 61.0 Å². The Morgan fingerprint density at radius 1 is 1.25 bits per heavy atom. The first-order chi connectivity index (χ1) is 16.8. The number of halogens is 5. The number of benzene rings is 2. The van der Waals surface area contributed by atoms with Gasteiger partial charge in [0, 0.05) is 0 Å². The van der Waals surface area contributed by atoms with Crippen molar-refractivity contribution in [2.24, 2.45) is 0 Å². The number of alkyl halides is 3. The molecule has 2 N–H and O–H groups in total. The lowest BCUT2D eigenvalue weighted by molar-refractivity contribution is -0.274. The number of anilines is 1. The summed E-state index contributed by atoms with van der Waals surface area (Å²) in [6, 6.07) is 7.76. The Bertz CT molecular complexity index is 1430. The van der Waals surface area contributed by atoms with Crippen molar-refractivity contribution in [3.63, 3.8) is 0 Å². The Kier molecular flexibility index (Phi) is 7.57. The standard InChI is InChI=1S/C20H15BrClF3N4O5S2/c21-18-27-28-19(35-9-17(30)26-14-5-4-12(8-13(14)22)36(31,32)33)29(18)15-6-3-11(10-1-2-10)7-16(15)34-20(23,24)25/h3-8,10H,1-2,9H2,(H,26,30)(H,31,32,33). The lowest BCUT2D eigenvalue weighted by Gasteiger charge is -2.16. The lowest BCUT2D eigenvalue weighted by atomic mass is 10.1. The monoisotopic (exact) mass is 626 g/mol. The molecule has 1 saturated carbocycles. The van der Waals surface area contributed by atoms with E-state index in [9.17, 15) is 26.4 Å². The molecule has 0 spiro atoms. The third-order valence-corrected chi connectivity index (χ3v) is 7.54. The molecule has 1 aliphatic carbocycles. The molecule has 1 heterocycles. The zero-order valence-electron chi connectivity index (χ0n) is 17.8. The summed E-state index contributed by atoms with van der Waals surface area (Å²) in [5, 5.41) is 10.2. The van der Waals surface area contributed by atoms with Gasteiger partial charge in [-0.05, 0) is 70.6 Å². The first kappa shape index (κ1) is 26.7. The van der Waals surface area contributed by atoms with Crippen LogP contribution >= 0.6 is 39.3 Å². The number of aromatic nitrogens is 3. The second-order valence-electron chi connectivity index (χ2n) is 7.59. The van der Waals surface area contributed by atoms with Crippen molar-refractivity contribution in [2.75, 3.05) is 11.1 Å². The molecule has 0 atom stereocenters. The minimum atomic E-state index is -4.92. The highest BCUT2D eigenvalue weighted by molar-refractivity contribution is 9.10. The molecule has 36 heavy (non-hydrogen) atoms. The smallest absolute Gasteiger partial charge is 0.404 e. The quantitative estimate of drug-likeness (QED) is 0.250. The average Bonchev–Trinajstić information content (AvgIpc) is 3.55. The van der Waals surface area contributed by atoms with E-state index >= 15 is 0 Å². The van der Waals surface area contributed by atoms with Crippen LogP contribution in [0.4, 0.5) is 18.9 Å². The summed E-state index contributed by atoms with van der Waals surface area (Å²) in [6.45, 7) is 0. The number of rotatable bonds is 8. The molecule has 0 saturated heterocycles. The summed E-state index contributed by atoms with van der Waals surface area (Å²) in [5.74, 6) is -1.04. The second-order valence-corrected chi connectivity index (χ2v) is 11.1. The van der Waals surface area contributed by atoms with Gasteiger partial charge in [-0.3, -0.25) is 13.9 Å². The molecule has 9 nitrogen and oxygen atoms in total. The van der Waals surface area contributed by atoms with Gasteiger partial charge in [0.1, 0.15) is 0 Å². The van der Waals surface area contributed by atoms with Crippen molar-refractivity contribution in [3.05, 3.63) is 51.7 Å². The van der Waals surface area contributed by atoms with Gasteiger partial charge in [0.2, 0.25) is 10.6 Å². The molecule has 4 rings (SSSR count). The van der Waals surface area contributed by atoms with Crippen molar-refractivity contribution in [1.82, 2.24) is 14.8 Å². The zero-order chi connectivity index (χ0) is 26.3. The Morgan fingerprint density at radius 3 is 2.58 bits per heavy atom. The third kappa shape index (κ3) is 6.51. The van der Waals surface area contributed by atoms with E-state index in [1.54, 1.807) is 6.07 Å². The predicted octanol–water partition coefficient (Wildman–Crippen LogP) is 5.44. The largest absolute Gasteiger partial charge is 0.573 e. The van der Waals surface area contributed by atoms with Crippen LogP contribution in [0, 0.1) is 0 Å². The summed E-state index contributed by atoms with van der Waals surface area (Å²) < 4.78 is 76.5. The highest BCUT2D eigenvalue weighted by Crippen LogP contribution is 2.43. The number of nitrogens with one attached hydrogen (secondary N) is 1. The van der Waals surface area contributed by atoms with Crippen LogP contribution in [0.3, 0.4) is 0 Å². The number of amides is 1. The van der Waals surface area contributed by atoms with Crippen LogP contribution < -0.4 is 10.1 Å². The molecule has 1 aromatic heterocycles. The highest BCUT2D eigenvalue weighted by Gasteiger charge is 2.34.